The maximum atomic E-state index is 12.3. The molecule has 2 rings (SSSR count). The highest BCUT2D eigenvalue weighted by atomic mass is 35.5. The fourth-order valence-corrected chi connectivity index (χ4v) is 3.75. The van der Waals surface area contributed by atoms with Crippen molar-refractivity contribution in [2.24, 2.45) is 0 Å². The number of amides is 1. The van der Waals surface area contributed by atoms with Crippen molar-refractivity contribution >= 4 is 39.2 Å². The largest absolute Gasteiger partial charge is 0.493 e. The Bertz CT molecular complexity index is 1020. The van der Waals surface area contributed by atoms with Crippen molar-refractivity contribution in [2.75, 3.05) is 32.6 Å². The van der Waals surface area contributed by atoms with Crippen molar-refractivity contribution in [3.8, 4) is 5.75 Å². The topological polar surface area (TPSA) is 102 Å². The van der Waals surface area contributed by atoms with Crippen LogP contribution in [0.1, 0.15) is 12.0 Å². The maximum Gasteiger partial charge on any atom is 0.309 e. The molecule has 1 amide bonds. The highest BCUT2D eigenvalue weighted by Gasteiger charge is 2.21. The summed E-state index contributed by atoms with van der Waals surface area (Å²) in [5, 5.41) is 2.51. The summed E-state index contributed by atoms with van der Waals surface area (Å²) in [4.78, 5) is 23.7. The predicted molar refractivity (Wildman–Crippen MR) is 113 cm³/mol. The van der Waals surface area contributed by atoms with E-state index in [1.165, 1.54) is 32.3 Å². The summed E-state index contributed by atoms with van der Waals surface area (Å²) in [5.74, 6) is -0.529. The third kappa shape index (κ3) is 6.45. The van der Waals surface area contributed by atoms with Crippen molar-refractivity contribution in [1.82, 2.24) is 4.31 Å². The minimum absolute atomic E-state index is 0.0201. The molecule has 30 heavy (non-hydrogen) atoms. The van der Waals surface area contributed by atoms with Crippen LogP contribution in [0.15, 0.2) is 47.4 Å². The number of halogens is 1. The normalized spacial score (nSPS) is 11.2. The van der Waals surface area contributed by atoms with E-state index in [9.17, 15) is 18.0 Å². The molecule has 0 spiro atoms. The van der Waals surface area contributed by atoms with E-state index in [1.807, 2.05) is 25.1 Å². The molecule has 0 bridgehead atoms. The second-order valence-corrected chi connectivity index (χ2v) is 9.03. The molecular formula is C20H23ClN2O6S. The van der Waals surface area contributed by atoms with Gasteiger partial charge in [0.25, 0.3) is 5.91 Å². The van der Waals surface area contributed by atoms with Gasteiger partial charge in [-0.3, -0.25) is 9.59 Å². The second kappa shape index (κ2) is 10.4. The predicted octanol–water partition coefficient (Wildman–Crippen LogP) is 2.85. The monoisotopic (exact) mass is 454 g/mol. The molecule has 0 radical (unpaired) electrons. The fraction of sp³-hybridized carbons (Fsp3) is 0.300. The van der Waals surface area contributed by atoms with E-state index in [2.05, 4.69) is 5.32 Å². The number of para-hydroxylation sites is 1. The number of sulfonamides is 1. The first-order valence-electron chi connectivity index (χ1n) is 8.97. The lowest BCUT2D eigenvalue weighted by Gasteiger charge is -2.14. The molecule has 162 valence electrons. The third-order valence-electron chi connectivity index (χ3n) is 4.00. The van der Waals surface area contributed by atoms with Crippen LogP contribution in [0, 0.1) is 6.92 Å². The summed E-state index contributed by atoms with van der Waals surface area (Å²) >= 11 is 5.97. The number of hydrogen-bond acceptors (Lipinski definition) is 6. The Balaban J connectivity index is 1.84. The number of rotatable bonds is 9. The van der Waals surface area contributed by atoms with Gasteiger partial charge < -0.3 is 14.8 Å². The average molecular weight is 455 g/mol. The highest BCUT2D eigenvalue weighted by Crippen LogP contribution is 2.26. The molecule has 0 aliphatic rings. The Labute approximate surface area is 180 Å². The number of carbonyl (C=O) groups excluding carboxylic acids is 2. The summed E-state index contributed by atoms with van der Waals surface area (Å²) in [7, 11) is -1.03. The number of hydrogen-bond donors (Lipinski definition) is 1. The standard InChI is InChI=1S/C20H23ClN2O6S/c1-14-6-4-5-7-17(14)28-11-10-20(25)29-13-19(24)22-15-8-9-16(21)18(12-15)30(26,27)23(2)3/h4-9,12H,10-11,13H2,1-3H3,(H,22,24). The Morgan fingerprint density at radius 2 is 1.83 bits per heavy atom. The number of aryl methyl sites for hydroxylation is 1. The van der Waals surface area contributed by atoms with E-state index in [0.29, 0.717) is 5.75 Å². The van der Waals surface area contributed by atoms with Gasteiger partial charge in [-0.05, 0) is 36.8 Å². The molecule has 0 aromatic heterocycles. The minimum atomic E-state index is -3.78. The number of ether oxygens (including phenoxy) is 2. The SMILES string of the molecule is Cc1ccccc1OCCC(=O)OCC(=O)Nc1ccc(Cl)c(S(=O)(=O)N(C)C)c1. The van der Waals surface area contributed by atoms with E-state index >= 15 is 0 Å². The van der Waals surface area contributed by atoms with E-state index in [4.69, 9.17) is 21.1 Å². The average Bonchev–Trinajstić information content (AvgIpc) is 2.69. The van der Waals surface area contributed by atoms with Gasteiger partial charge in [-0.25, -0.2) is 12.7 Å². The zero-order chi connectivity index (χ0) is 22.3. The van der Waals surface area contributed by atoms with Gasteiger partial charge in [0, 0.05) is 19.8 Å². The van der Waals surface area contributed by atoms with E-state index < -0.39 is 28.5 Å². The Hall–Kier alpha value is -2.62. The van der Waals surface area contributed by atoms with Crippen LogP contribution in [0.2, 0.25) is 5.02 Å². The lowest BCUT2D eigenvalue weighted by atomic mass is 10.2. The highest BCUT2D eigenvalue weighted by molar-refractivity contribution is 7.89. The van der Waals surface area contributed by atoms with Crippen LogP contribution in [0.25, 0.3) is 0 Å². The molecule has 0 saturated carbocycles. The van der Waals surface area contributed by atoms with Gasteiger partial charge in [0.05, 0.1) is 18.1 Å². The first-order chi connectivity index (χ1) is 14.1. The zero-order valence-electron chi connectivity index (χ0n) is 16.8. The number of anilines is 1. The third-order valence-corrected chi connectivity index (χ3v) is 6.29. The first-order valence-corrected chi connectivity index (χ1v) is 10.8. The van der Waals surface area contributed by atoms with Crippen LogP contribution in [-0.4, -0.2) is 51.9 Å². The van der Waals surface area contributed by atoms with Gasteiger partial charge in [-0.2, -0.15) is 0 Å². The van der Waals surface area contributed by atoms with Crippen LogP contribution in [0.5, 0.6) is 5.75 Å². The van der Waals surface area contributed by atoms with Crippen molar-refractivity contribution in [3.63, 3.8) is 0 Å². The van der Waals surface area contributed by atoms with Gasteiger partial charge in [0.2, 0.25) is 10.0 Å². The molecular weight excluding hydrogens is 432 g/mol. The molecule has 0 unspecified atom stereocenters. The summed E-state index contributed by atoms with van der Waals surface area (Å²) in [6, 6.07) is 11.5. The molecule has 1 N–H and O–H groups in total. The summed E-state index contributed by atoms with van der Waals surface area (Å²) < 4.78 is 36.0. The van der Waals surface area contributed by atoms with E-state index in [0.717, 1.165) is 9.87 Å². The lowest BCUT2D eigenvalue weighted by Crippen LogP contribution is -2.24. The van der Waals surface area contributed by atoms with Crippen molar-refractivity contribution in [3.05, 3.63) is 53.1 Å². The number of benzene rings is 2. The van der Waals surface area contributed by atoms with Gasteiger partial charge in [0.15, 0.2) is 6.61 Å². The van der Waals surface area contributed by atoms with Crippen molar-refractivity contribution in [2.45, 2.75) is 18.2 Å². The summed E-state index contributed by atoms with van der Waals surface area (Å²) in [6.07, 6.45) is -0.0201. The zero-order valence-corrected chi connectivity index (χ0v) is 18.4. The number of carbonyl (C=O) groups is 2. The minimum Gasteiger partial charge on any atom is -0.493 e. The second-order valence-electron chi connectivity index (χ2n) is 6.51. The lowest BCUT2D eigenvalue weighted by molar-refractivity contribution is -0.147. The molecule has 0 aliphatic heterocycles. The van der Waals surface area contributed by atoms with Crippen LogP contribution in [-0.2, 0) is 24.3 Å². The Morgan fingerprint density at radius 1 is 1.13 bits per heavy atom. The molecule has 2 aromatic carbocycles. The van der Waals surface area contributed by atoms with Crippen LogP contribution >= 0.6 is 11.6 Å². The maximum absolute atomic E-state index is 12.3. The van der Waals surface area contributed by atoms with E-state index in [1.54, 1.807) is 6.07 Å². The van der Waals surface area contributed by atoms with Crippen LogP contribution in [0.4, 0.5) is 5.69 Å². The molecule has 0 saturated heterocycles. The number of nitrogens with one attached hydrogen (secondary N) is 1. The molecule has 0 fully saturated rings. The molecule has 2 aromatic rings. The van der Waals surface area contributed by atoms with Gasteiger partial charge in [0.1, 0.15) is 10.6 Å². The molecule has 0 heterocycles. The van der Waals surface area contributed by atoms with Gasteiger partial charge >= 0.3 is 5.97 Å². The molecule has 0 aliphatic carbocycles. The number of nitrogens with zero attached hydrogens (tertiary/aromatic N) is 1. The first kappa shape index (κ1) is 23.7. The van der Waals surface area contributed by atoms with Crippen molar-refractivity contribution < 1.29 is 27.5 Å². The van der Waals surface area contributed by atoms with Crippen LogP contribution in [0.3, 0.4) is 0 Å². The van der Waals surface area contributed by atoms with Crippen LogP contribution < -0.4 is 10.1 Å². The van der Waals surface area contributed by atoms with Crippen molar-refractivity contribution in [1.29, 1.82) is 0 Å². The number of esters is 1. The quantitative estimate of drug-likeness (QED) is 0.584. The smallest absolute Gasteiger partial charge is 0.309 e. The Kier molecular flexibility index (Phi) is 8.22. The Morgan fingerprint density at radius 3 is 2.50 bits per heavy atom. The van der Waals surface area contributed by atoms with Gasteiger partial charge in [-0.15, -0.1) is 0 Å². The summed E-state index contributed by atoms with van der Waals surface area (Å²) in [6.45, 7) is 1.50. The molecule has 0 atom stereocenters. The summed E-state index contributed by atoms with van der Waals surface area (Å²) in [5.41, 5.74) is 1.16. The molecule has 8 nitrogen and oxygen atoms in total. The van der Waals surface area contributed by atoms with E-state index in [-0.39, 0.29) is 28.6 Å². The van der Waals surface area contributed by atoms with Gasteiger partial charge in [-0.1, -0.05) is 29.8 Å². The molecule has 10 heteroatoms. The fourth-order valence-electron chi connectivity index (χ4n) is 2.35.